The van der Waals surface area contributed by atoms with Gasteiger partial charge in [0.2, 0.25) is 0 Å². The molecule has 120 valence electrons. The second-order valence-corrected chi connectivity index (χ2v) is 7.52. The van der Waals surface area contributed by atoms with Crippen LogP contribution >= 0.6 is 45.8 Å². The number of aromatic nitrogens is 1. The van der Waals surface area contributed by atoms with E-state index in [1.807, 2.05) is 18.2 Å². The van der Waals surface area contributed by atoms with Gasteiger partial charge in [-0.25, -0.2) is 0 Å². The van der Waals surface area contributed by atoms with Gasteiger partial charge in [-0.05, 0) is 72.2 Å². The number of aryl methyl sites for hydroxylation is 1. The lowest BCUT2D eigenvalue weighted by Crippen LogP contribution is -1.99. The van der Waals surface area contributed by atoms with Gasteiger partial charge in [-0.2, -0.15) is 0 Å². The van der Waals surface area contributed by atoms with Crippen molar-refractivity contribution in [2.24, 2.45) is 5.73 Å². The summed E-state index contributed by atoms with van der Waals surface area (Å²) < 4.78 is 1.21. The Bertz CT molecular complexity index is 842. The number of benzene rings is 2. The molecule has 2 aromatic carbocycles. The highest BCUT2D eigenvalue weighted by molar-refractivity contribution is 14.1. The molecule has 1 aromatic heterocycles. The molecule has 3 N–H and O–H groups in total. The van der Waals surface area contributed by atoms with Gasteiger partial charge in [-0.15, -0.1) is 0 Å². The van der Waals surface area contributed by atoms with Crippen LogP contribution in [0.5, 0.6) is 0 Å². The zero-order valence-corrected chi connectivity index (χ0v) is 16.2. The third-order valence-electron chi connectivity index (χ3n) is 3.94. The fourth-order valence-corrected chi connectivity index (χ4v) is 4.17. The van der Waals surface area contributed by atoms with E-state index >= 15 is 0 Å². The van der Waals surface area contributed by atoms with E-state index in [1.165, 1.54) is 14.7 Å². The first kappa shape index (κ1) is 17.1. The van der Waals surface area contributed by atoms with E-state index in [4.69, 9.17) is 28.9 Å². The quantitative estimate of drug-likeness (QED) is 0.355. The third-order valence-corrected chi connectivity index (χ3v) is 5.40. The molecule has 3 rings (SSSR count). The van der Waals surface area contributed by atoms with Crippen LogP contribution in [0.15, 0.2) is 36.4 Å². The molecule has 5 heteroatoms. The van der Waals surface area contributed by atoms with Crippen molar-refractivity contribution in [1.82, 2.24) is 4.98 Å². The van der Waals surface area contributed by atoms with Crippen molar-refractivity contribution in [2.75, 3.05) is 6.54 Å². The van der Waals surface area contributed by atoms with Crippen molar-refractivity contribution in [3.8, 4) is 11.3 Å². The van der Waals surface area contributed by atoms with Crippen molar-refractivity contribution >= 4 is 56.7 Å². The highest BCUT2D eigenvalue weighted by atomic mass is 127. The lowest BCUT2D eigenvalue weighted by molar-refractivity contribution is 0.748. The zero-order valence-electron chi connectivity index (χ0n) is 12.5. The summed E-state index contributed by atoms with van der Waals surface area (Å²) in [7, 11) is 0. The highest BCUT2D eigenvalue weighted by Gasteiger charge is 2.17. The van der Waals surface area contributed by atoms with E-state index in [9.17, 15) is 0 Å². The molecule has 0 fully saturated rings. The second-order valence-electron chi connectivity index (χ2n) is 5.51. The van der Waals surface area contributed by atoms with E-state index in [1.54, 1.807) is 0 Å². The third kappa shape index (κ3) is 3.53. The lowest BCUT2D eigenvalue weighted by atomic mass is 10.0. The van der Waals surface area contributed by atoms with Gasteiger partial charge in [0.1, 0.15) is 0 Å². The SMILES string of the molecule is NCCCCc1c(-c2ccccc2I)[nH]c2cc(Cl)cc(Cl)c12. The Balaban J connectivity index is 2.21. The molecule has 0 saturated carbocycles. The molecule has 0 aliphatic carbocycles. The largest absolute Gasteiger partial charge is 0.354 e. The zero-order chi connectivity index (χ0) is 16.4. The fraction of sp³-hybridized carbons (Fsp3) is 0.222. The first-order chi connectivity index (χ1) is 11.1. The molecule has 23 heavy (non-hydrogen) atoms. The van der Waals surface area contributed by atoms with Crippen molar-refractivity contribution in [1.29, 1.82) is 0 Å². The average molecular weight is 459 g/mol. The van der Waals surface area contributed by atoms with Crippen LogP contribution in [0.4, 0.5) is 0 Å². The number of rotatable bonds is 5. The van der Waals surface area contributed by atoms with Gasteiger partial charge >= 0.3 is 0 Å². The first-order valence-electron chi connectivity index (χ1n) is 7.56. The van der Waals surface area contributed by atoms with E-state index in [0.29, 0.717) is 16.6 Å². The molecule has 3 aromatic rings. The maximum Gasteiger partial charge on any atom is 0.0517 e. The topological polar surface area (TPSA) is 41.8 Å². The van der Waals surface area contributed by atoms with Crippen molar-refractivity contribution in [3.63, 3.8) is 0 Å². The summed E-state index contributed by atoms with van der Waals surface area (Å²) in [5.74, 6) is 0. The van der Waals surface area contributed by atoms with Gasteiger partial charge in [0.05, 0.1) is 10.7 Å². The summed E-state index contributed by atoms with van der Waals surface area (Å²) in [5, 5.41) is 2.41. The maximum absolute atomic E-state index is 6.49. The summed E-state index contributed by atoms with van der Waals surface area (Å²) in [6, 6.07) is 12.1. The lowest BCUT2D eigenvalue weighted by Gasteiger charge is -2.07. The van der Waals surface area contributed by atoms with Gasteiger partial charge in [0, 0.05) is 25.1 Å². The van der Waals surface area contributed by atoms with Crippen LogP contribution in [0.2, 0.25) is 10.0 Å². The molecule has 1 heterocycles. The fourth-order valence-electron chi connectivity index (χ4n) is 2.90. The maximum atomic E-state index is 6.49. The molecule has 0 unspecified atom stereocenters. The van der Waals surface area contributed by atoms with Crippen LogP contribution in [-0.4, -0.2) is 11.5 Å². The number of hydrogen-bond acceptors (Lipinski definition) is 1. The molecular formula is C18H17Cl2IN2. The normalized spacial score (nSPS) is 11.3. The first-order valence-corrected chi connectivity index (χ1v) is 9.40. The smallest absolute Gasteiger partial charge is 0.0517 e. The molecule has 0 bridgehead atoms. The highest BCUT2D eigenvalue weighted by Crippen LogP contribution is 2.38. The Hall–Kier alpha value is -0.750. The van der Waals surface area contributed by atoms with E-state index in [0.717, 1.165) is 35.9 Å². The number of unbranched alkanes of at least 4 members (excludes halogenated alkanes) is 1. The summed E-state index contributed by atoms with van der Waals surface area (Å²) in [6.07, 6.45) is 2.99. The van der Waals surface area contributed by atoms with Gasteiger partial charge in [0.15, 0.2) is 0 Å². The van der Waals surface area contributed by atoms with Gasteiger partial charge in [-0.1, -0.05) is 41.4 Å². The summed E-state index contributed by atoms with van der Waals surface area (Å²) in [4.78, 5) is 3.52. The molecule has 2 nitrogen and oxygen atoms in total. The predicted molar refractivity (Wildman–Crippen MR) is 108 cm³/mol. The number of halogens is 3. The van der Waals surface area contributed by atoms with E-state index < -0.39 is 0 Å². The van der Waals surface area contributed by atoms with Gasteiger partial charge in [0.25, 0.3) is 0 Å². The Kier molecular flexibility index (Phi) is 5.52. The van der Waals surface area contributed by atoms with Crippen LogP contribution < -0.4 is 5.73 Å². The van der Waals surface area contributed by atoms with Crippen LogP contribution in [-0.2, 0) is 6.42 Å². The molecule has 0 radical (unpaired) electrons. The molecule has 0 saturated heterocycles. The van der Waals surface area contributed by atoms with Gasteiger partial charge in [-0.3, -0.25) is 0 Å². The van der Waals surface area contributed by atoms with Crippen molar-refractivity contribution in [3.05, 3.63) is 55.6 Å². The summed E-state index contributed by atoms with van der Waals surface area (Å²) in [5.41, 5.74) is 10.2. The molecule has 0 aliphatic rings. The Morgan fingerprint density at radius 1 is 1.09 bits per heavy atom. The number of hydrogen-bond donors (Lipinski definition) is 2. The molecule has 0 spiro atoms. The molecular weight excluding hydrogens is 442 g/mol. The van der Waals surface area contributed by atoms with E-state index in [2.05, 4.69) is 45.8 Å². The number of nitrogens with two attached hydrogens (primary N) is 1. The summed E-state index contributed by atoms with van der Waals surface area (Å²) in [6.45, 7) is 0.708. The Morgan fingerprint density at radius 3 is 2.61 bits per heavy atom. The van der Waals surface area contributed by atoms with Crippen LogP contribution in [0, 0.1) is 3.57 Å². The minimum Gasteiger partial charge on any atom is -0.354 e. The molecule has 0 aliphatic heterocycles. The van der Waals surface area contributed by atoms with Crippen LogP contribution in [0.3, 0.4) is 0 Å². The number of H-pyrrole nitrogens is 1. The van der Waals surface area contributed by atoms with Crippen LogP contribution in [0.25, 0.3) is 22.2 Å². The minimum atomic E-state index is 0.645. The van der Waals surface area contributed by atoms with Gasteiger partial charge < -0.3 is 10.7 Å². The molecule has 0 amide bonds. The average Bonchev–Trinajstić information content (AvgIpc) is 2.86. The number of aromatic amines is 1. The monoisotopic (exact) mass is 458 g/mol. The number of nitrogens with one attached hydrogen (secondary N) is 1. The number of fused-ring (bicyclic) bond motifs is 1. The summed E-state index contributed by atoms with van der Waals surface area (Å²) >= 11 is 15.0. The standard InChI is InChI=1S/C18H17Cl2IN2/c19-11-9-14(20)17-13(6-3-4-8-22)18(23-16(17)10-11)12-5-1-2-7-15(12)21/h1-2,5,7,9-10,23H,3-4,6,8,22H2. The second kappa shape index (κ2) is 7.43. The Morgan fingerprint density at radius 2 is 1.87 bits per heavy atom. The predicted octanol–water partition coefficient (Wildman–Crippen LogP) is 6.03. The van der Waals surface area contributed by atoms with Crippen molar-refractivity contribution < 1.29 is 0 Å². The van der Waals surface area contributed by atoms with E-state index in [-0.39, 0.29) is 0 Å². The molecule has 0 atom stereocenters. The minimum absolute atomic E-state index is 0.645. The Labute approximate surface area is 159 Å². The van der Waals surface area contributed by atoms with Crippen molar-refractivity contribution in [2.45, 2.75) is 19.3 Å². The van der Waals surface area contributed by atoms with Crippen LogP contribution in [0.1, 0.15) is 18.4 Å².